The summed E-state index contributed by atoms with van der Waals surface area (Å²) < 4.78 is 5.58. The number of hydrogen-bond donors (Lipinski definition) is 1. The molecule has 3 aromatic rings. The van der Waals surface area contributed by atoms with Crippen molar-refractivity contribution in [1.82, 2.24) is 15.3 Å². The zero-order valence-corrected chi connectivity index (χ0v) is 15.8. The van der Waals surface area contributed by atoms with Gasteiger partial charge in [-0.15, -0.1) is 0 Å². The number of furan rings is 1. The van der Waals surface area contributed by atoms with Crippen molar-refractivity contribution in [1.29, 1.82) is 0 Å². The normalized spacial score (nSPS) is 16.3. The Hall–Kier alpha value is -2.89. The summed E-state index contributed by atoms with van der Waals surface area (Å²) in [7, 11) is 0. The summed E-state index contributed by atoms with van der Waals surface area (Å²) in [5, 5.41) is 4.09. The number of carbonyl (C=O) groups is 1. The molecule has 1 N–H and O–H groups in total. The summed E-state index contributed by atoms with van der Waals surface area (Å²) in [6.07, 6.45) is 6.63. The van der Waals surface area contributed by atoms with Crippen molar-refractivity contribution in [2.24, 2.45) is 0 Å². The predicted octanol–water partition coefficient (Wildman–Crippen LogP) is 3.78. The molecule has 0 radical (unpaired) electrons. The molecule has 2 fully saturated rings. The van der Waals surface area contributed by atoms with E-state index in [1.165, 1.54) is 0 Å². The zero-order valence-electron chi connectivity index (χ0n) is 15.8. The fraction of sp³-hybridized carbons (Fsp3) is 0.409. The smallest absolute Gasteiger partial charge is 0.221 e. The lowest BCUT2D eigenvalue weighted by atomic mass is 10.2. The van der Waals surface area contributed by atoms with Crippen LogP contribution < -0.4 is 10.2 Å². The van der Waals surface area contributed by atoms with E-state index in [9.17, 15) is 4.79 Å². The molecule has 1 aromatic carbocycles. The van der Waals surface area contributed by atoms with Crippen LogP contribution in [0.3, 0.4) is 0 Å². The third kappa shape index (κ3) is 3.86. The maximum atomic E-state index is 12.3. The molecule has 0 atom stereocenters. The third-order valence-electron chi connectivity index (χ3n) is 5.32. The lowest BCUT2D eigenvalue weighted by molar-refractivity contribution is -0.121. The van der Waals surface area contributed by atoms with Gasteiger partial charge < -0.3 is 14.6 Å². The van der Waals surface area contributed by atoms with Gasteiger partial charge in [0.15, 0.2) is 0 Å². The molecule has 0 unspecified atom stereocenters. The summed E-state index contributed by atoms with van der Waals surface area (Å²) >= 11 is 0. The van der Waals surface area contributed by atoms with Crippen LogP contribution in [0.1, 0.15) is 49.6 Å². The molecule has 0 saturated heterocycles. The second-order valence-electron chi connectivity index (χ2n) is 7.79. The minimum atomic E-state index is 0.104. The van der Waals surface area contributed by atoms with Crippen LogP contribution in [0.25, 0.3) is 10.9 Å². The summed E-state index contributed by atoms with van der Waals surface area (Å²) in [6, 6.07) is 12.3. The molecule has 0 spiro atoms. The van der Waals surface area contributed by atoms with Gasteiger partial charge in [-0.3, -0.25) is 4.79 Å². The second-order valence-corrected chi connectivity index (χ2v) is 7.79. The molecule has 28 heavy (non-hydrogen) atoms. The monoisotopic (exact) mass is 376 g/mol. The first-order valence-corrected chi connectivity index (χ1v) is 10.1. The first-order valence-electron chi connectivity index (χ1n) is 10.1. The van der Waals surface area contributed by atoms with Gasteiger partial charge in [0.05, 0.1) is 18.3 Å². The van der Waals surface area contributed by atoms with E-state index in [1.54, 1.807) is 6.26 Å². The standard InChI is InChI=1S/C22H24N4O2/c27-20(23-16-9-10-16)11-12-26(14-17-4-3-13-28-17)22-18-5-1-2-6-19(18)24-21(25-22)15-7-8-15/h1-6,13,15-16H,7-12,14H2,(H,23,27). The van der Waals surface area contributed by atoms with Gasteiger partial charge >= 0.3 is 0 Å². The minimum absolute atomic E-state index is 0.104. The third-order valence-corrected chi connectivity index (χ3v) is 5.32. The van der Waals surface area contributed by atoms with E-state index in [0.717, 1.165) is 54.0 Å². The molecule has 144 valence electrons. The van der Waals surface area contributed by atoms with Crippen LogP contribution in [-0.4, -0.2) is 28.5 Å². The van der Waals surface area contributed by atoms with Gasteiger partial charge in [0.25, 0.3) is 0 Å². The van der Waals surface area contributed by atoms with Crippen molar-refractivity contribution in [3.05, 3.63) is 54.2 Å². The highest BCUT2D eigenvalue weighted by Gasteiger charge is 2.29. The van der Waals surface area contributed by atoms with Gasteiger partial charge in [0, 0.05) is 30.3 Å². The fourth-order valence-electron chi connectivity index (χ4n) is 3.46. The Kier molecular flexibility index (Phi) is 4.47. The predicted molar refractivity (Wildman–Crippen MR) is 107 cm³/mol. The highest BCUT2D eigenvalue weighted by Crippen LogP contribution is 2.40. The maximum Gasteiger partial charge on any atom is 0.221 e. The van der Waals surface area contributed by atoms with Gasteiger partial charge in [-0.05, 0) is 49.9 Å². The quantitative estimate of drug-likeness (QED) is 0.648. The number of carbonyl (C=O) groups excluding carboxylic acids is 1. The molecule has 2 aromatic heterocycles. The van der Waals surface area contributed by atoms with Crippen LogP contribution in [0.5, 0.6) is 0 Å². The molecule has 5 rings (SSSR count). The molecular weight excluding hydrogens is 352 g/mol. The van der Waals surface area contributed by atoms with Crippen molar-refractivity contribution in [2.45, 2.75) is 50.6 Å². The number of nitrogens with one attached hydrogen (secondary N) is 1. The largest absolute Gasteiger partial charge is 0.467 e. The van der Waals surface area contributed by atoms with Gasteiger partial charge in [-0.25, -0.2) is 9.97 Å². The van der Waals surface area contributed by atoms with E-state index in [2.05, 4.69) is 16.3 Å². The van der Waals surface area contributed by atoms with Crippen LogP contribution >= 0.6 is 0 Å². The van der Waals surface area contributed by atoms with E-state index in [-0.39, 0.29) is 5.91 Å². The van der Waals surface area contributed by atoms with Crippen LogP contribution in [-0.2, 0) is 11.3 Å². The Morgan fingerprint density at radius 1 is 1.11 bits per heavy atom. The number of nitrogens with zero attached hydrogens (tertiary/aromatic N) is 3. The molecule has 6 heteroatoms. The van der Waals surface area contributed by atoms with Gasteiger partial charge in [-0.2, -0.15) is 0 Å². The van der Waals surface area contributed by atoms with Crippen molar-refractivity contribution >= 4 is 22.6 Å². The van der Waals surface area contributed by atoms with Crippen LogP contribution in [0.15, 0.2) is 47.1 Å². The highest BCUT2D eigenvalue weighted by atomic mass is 16.3. The number of aromatic nitrogens is 2. The first kappa shape index (κ1) is 17.2. The Bertz CT molecular complexity index is 977. The van der Waals surface area contributed by atoms with Crippen LogP contribution in [0.4, 0.5) is 5.82 Å². The van der Waals surface area contributed by atoms with Crippen molar-refractivity contribution in [3.8, 4) is 0 Å². The Morgan fingerprint density at radius 3 is 2.71 bits per heavy atom. The molecule has 6 nitrogen and oxygen atoms in total. The SMILES string of the molecule is O=C(CCN(Cc1ccco1)c1nc(C2CC2)nc2ccccc12)NC1CC1. The van der Waals surface area contributed by atoms with E-state index in [1.807, 2.05) is 30.3 Å². The Morgan fingerprint density at radius 2 is 1.96 bits per heavy atom. The molecule has 2 heterocycles. The molecule has 2 saturated carbocycles. The lowest BCUT2D eigenvalue weighted by Crippen LogP contribution is -2.32. The molecule has 2 aliphatic rings. The Balaban J connectivity index is 1.47. The number of rotatable bonds is 8. The van der Waals surface area contributed by atoms with Gasteiger partial charge in [-0.1, -0.05) is 12.1 Å². The minimum Gasteiger partial charge on any atom is -0.467 e. The number of amides is 1. The molecule has 0 bridgehead atoms. The van der Waals surface area contributed by atoms with E-state index in [4.69, 9.17) is 14.4 Å². The fourth-order valence-corrected chi connectivity index (χ4v) is 3.46. The summed E-state index contributed by atoms with van der Waals surface area (Å²) in [5.41, 5.74) is 0.960. The van der Waals surface area contributed by atoms with E-state index < -0.39 is 0 Å². The van der Waals surface area contributed by atoms with Crippen molar-refractivity contribution in [3.63, 3.8) is 0 Å². The summed E-state index contributed by atoms with van der Waals surface area (Å²) in [5.74, 6) is 3.24. The average Bonchev–Trinajstić information content (AvgIpc) is 3.64. The Labute approximate surface area is 164 Å². The molecule has 0 aliphatic heterocycles. The van der Waals surface area contributed by atoms with Crippen molar-refractivity contribution in [2.75, 3.05) is 11.4 Å². The zero-order chi connectivity index (χ0) is 18.9. The van der Waals surface area contributed by atoms with E-state index >= 15 is 0 Å². The molecule has 1 amide bonds. The van der Waals surface area contributed by atoms with Crippen LogP contribution in [0, 0.1) is 0 Å². The second kappa shape index (κ2) is 7.26. The topological polar surface area (TPSA) is 71.3 Å². The van der Waals surface area contributed by atoms with Gasteiger partial charge in [0.1, 0.15) is 17.4 Å². The highest BCUT2D eigenvalue weighted by molar-refractivity contribution is 5.89. The summed E-state index contributed by atoms with van der Waals surface area (Å²) in [4.78, 5) is 24.2. The molecule has 2 aliphatic carbocycles. The number of anilines is 1. The van der Waals surface area contributed by atoms with Crippen LogP contribution in [0.2, 0.25) is 0 Å². The lowest BCUT2D eigenvalue weighted by Gasteiger charge is -2.24. The number of hydrogen-bond acceptors (Lipinski definition) is 5. The number of para-hydroxylation sites is 1. The average molecular weight is 376 g/mol. The molecular formula is C22H24N4O2. The van der Waals surface area contributed by atoms with Crippen molar-refractivity contribution < 1.29 is 9.21 Å². The first-order chi connectivity index (χ1) is 13.8. The van der Waals surface area contributed by atoms with E-state index in [0.29, 0.717) is 31.5 Å². The van der Waals surface area contributed by atoms with Gasteiger partial charge in [0.2, 0.25) is 5.91 Å². The number of benzene rings is 1. The summed E-state index contributed by atoms with van der Waals surface area (Å²) in [6.45, 7) is 1.17. The number of fused-ring (bicyclic) bond motifs is 1. The maximum absolute atomic E-state index is 12.3.